The van der Waals surface area contributed by atoms with Crippen molar-refractivity contribution >= 4 is 29.0 Å². The Bertz CT molecular complexity index is 375. The molecule has 15 heavy (non-hydrogen) atoms. The number of carbonyl (C=O) groups is 1. The molecule has 0 saturated heterocycles. The predicted molar refractivity (Wildman–Crippen MR) is 62.3 cm³/mol. The van der Waals surface area contributed by atoms with E-state index in [9.17, 15) is 4.79 Å². The fourth-order valence-electron chi connectivity index (χ4n) is 1.34. The summed E-state index contributed by atoms with van der Waals surface area (Å²) < 4.78 is 5.09. The minimum atomic E-state index is -0.00116. The summed E-state index contributed by atoms with van der Waals surface area (Å²) in [6.45, 7) is 1.94. The lowest BCUT2D eigenvalue weighted by Gasteiger charge is -2.09. The van der Waals surface area contributed by atoms with E-state index in [-0.39, 0.29) is 5.78 Å². The molecule has 0 atom stereocenters. The van der Waals surface area contributed by atoms with Gasteiger partial charge in [0.05, 0.1) is 17.7 Å². The highest BCUT2D eigenvalue weighted by Gasteiger charge is 2.15. The Morgan fingerprint density at radius 1 is 1.40 bits per heavy atom. The van der Waals surface area contributed by atoms with E-state index in [0.29, 0.717) is 27.8 Å². The maximum atomic E-state index is 11.7. The molecule has 1 aromatic rings. The van der Waals surface area contributed by atoms with Crippen molar-refractivity contribution in [1.82, 2.24) is 0 Å². The Morgan fingerprint density at radius 2 is 2.07 bits per heavy atom. The van der Waals surface area contributed by atoms with Gasteiger partial charge in [0.2, 0.25) is 0 Å². The van der Waals surface area contributed by atoms with Crippen molar-refractivity contribution in [3.63, 3.8) is 0 Å². The molecule has 0 unspecified atom stereocenters. The average Bonchev–Trinajstić information content (AvgIpc) is 2.17. The molecule has 82 valence electrons. The van der Waals surface area contributed by atoms with Crippen LogP contribution in [0.15, 0.2) is 12.1 Å². The first-order valence-corrected chi connectivity index (χ1v) is 5.42. The zero-order chi connectivity index (χ0) is 11.4. The number of halogens is 2. The Balaban J connectivity index is 3.20. The predicted octanol–water partition coefficient (Wildman–Crippen LogP) is 3.98. The molecular weight excluding hydrogens is 235 g/mol. The van der Waals surface area contributed by atoms with Crippen molar-refractivity contribution in [2.24, 2.45) is 0 Å². The molecule has 0 N–H and O–H groups in total. The van der Waals surface area contributed by atoms with Crippen LogP contribution in [0.1, 0.15) is 30.1 Å². The number of hydrogen-bond donors (Lipinski definition) is 0. The first-order chi connectivity index (χ1) is 7.10. The van der Waals surface area contributed by atoms with Crippen LogP contribution in [0.2, 0.25) is 10.0 Å². The number of carbonyl (C=O) groups excluding carboxylic acids is 1. The number of ether oxygens (including phenoxy) is 1. The highest BCUT2D eigenvalue weighted by atomic mass is 35.5. The molecular formula is C11H12Cl2O2. The lowest BCUT2D eigenvalue weighted by atomic mass is 10.1. The van der Waals surface area contributed by atoms with Crippen molar-refractivity contribution in [3.05, 3.63) is 27.7 Å². The van der Waals surface area contributed by atoms with E-state index in [0.717, 1.165) is 6.42 Å². The van der Waals surface area contributed by atoms with Gasteiger partial charge in [-0.2, -0.15) is 0 Å². The van der Waals surface area contributed by atoms with Gasteiger partial charge in [0.15, 0.2) is 5.78 Å². The van der Waals surface area contributed by atoms with E-state index in [2.05, 4.69) is 0 Å². The highest BCUT2D eigenvalue weighted by molar-refractivity contribution is 6.36. The van der Waals surface area contributed by atoms with Crippen molar-refractivity contribution in [2.45, 2.75) is 19.8 Å². The van der Waals surface area contributed by atoms with Crippen molar-refractivity contribution in [2.75, 3.05) is 7.11 Å². The topological polar surface area (TPSA) is 26.3 Å². The maximum absolute atomic E-state index is 11.7. The average molecular weight is 247 g/mol. The van der Waals surface area contributed by atoms with Crippen molar-refractivity contribution in [1.29, 1.82) is 0 Å². The van der Waals surface area contributed by atoms with Crippen LogP contribution in [0.5, 0.6) is 5.75 Å². The molecule has 0 aliphatic carbocycles. The number of methoxy groups -OCH3 is 1. The third-order valence-electron chi connectivity index (χ3n) is 1.99. The second kappa shape index (κ2) is 5.38. The summed E-state index contributed by atoms with van der Waals surface area (Å²) in [7, 11) is 1.48. The zero-order valence-electron chi connectivity index (χ0n) is 8.64. The van der Waals surface area contributed by atoms with Crippen LogP contribution in [-0.4, -0.2) is 12.9 Å². The molecule has 0 aromatic heterocycles. The van der Waals surface area contributed by atoms with Crippen LogP contribution >= 0.6 is 23.2 Å². The summed E-state index contributed by atoms with van der Waals surface area (Å²) in [5, 5.41) is 0.810. The quantitative estimate of drug-likeness (QED) is 0.752. The van der Waals surface area contributed by atoms with Gasteiger partial charge in [-0.05, 0) is 18.6 Å². The Morgan fingerprint density at radius 3 is 2.60 bits per heavy atom. The number of rotatable bonds is 4. The van der Waals surface area contributed by atoms with Crippen molar-refractivity contribution < 1.29 is 9.53 Å². The zero-order valence-corrected chi connectivity index (χ0v) is 10.2. The molecule has 1 aromatic carbocycles. The number of benzene rings is 1. The minimum absolute atomic E-state index is 0.00116. The number of Topliss-reactive ketones (excluding diaryl/α,β-unsaturated/α-hetero) is 1. The molecule has 1 rings (SSSR count). The summed E-state index contributed by atoms with van der Waals surface area (Å²) in [6, 6.07) is 3.15. The Labute approximate surface area is 99.1 Å². The standard InChI is InChI=1S/C11H12Cl2O2/c1-3-4-10(14)8-5-7(12)6-9(13)11(8)15-2/h5-6H,3-4H2,1-2H3. The normalized spacial score (nSPS) is 10.1. The summed E-state index contributed by atoms with van der Waals surface area (Å²) in [5.41, 5.74) is 0.455. The fraction of sp³-hybridized carbons (Fsp3) is 0.364. The van der Waals surface area contributed by atoms with Gasteiger partial charge >= 0.3 is 0 Å². The monoisotopic (exact) mass is 246 g/mol. The smallest absolute Gasteiger partial charge is 0.166 e. The van der Waals surface area contributed by atoms with Crippen LogP contribution in [0.3, 0.4) is 0 Å². The third-order valence-corrected chi connectivity index (χ3v) is 2.49. The van der Waals surface area contributed by atoms with Crippen molar-refractivity contribution in [3.8, 4) is 5.75 Å². The molecule has 0 radical (unpaired) electrons. The summed E-state index contributed by atoms with van der Waals surface area (Å²) in [6.07, 6.45) is 1.25. The summed E-state index contributed by atoms with van der Waals surface area (Å²) in [5.74, 6) is 0.401. The first kappa shape index (κ1) is 12.3. The molecule has 0 spiro atoms. The van der Waals surface area contributed by atoms with Crippen LogP contribution in [0, 0.1) is 0 Å². The second-order valence-electron chi connectivity index (χ2n) is 3.14. The van der Waals surface area contributed by atoms with Gasteiger partial charge in [-0.25, -0.2) is 0 Å². The molecule has 2 nitrogen and oxygen atoms in total. The van der Waals surface area contributed by atoms with E-state index in [1.54, 1.807) is 12.1 Å². The van der Waals surface area contributed by atoms with Gasteiger partial charge in [0, 0.05) is 11.4 Å². The van der Waals surface area contributed by atoms with Gasteiger partial charge in [-0.3, -0.25) is 4.79 Å². The van der Waals surface area contributed by atoms with Crippen LogP contribution in [-0.2, 0) is 0 Å². The lowest BCUT2D eigenvalue weighted by molar-refractivity contribution is 0.0979. The van der Waals surface area contributed by atoms with Gasteiger partial charge in [0.25, 0.3) is 0 Å². The van der Waals surface area contributed by atoms with Gasteiger partial charge in [0.1, 0.15) is 5.75 Å². The third kappa shape index (κ3) is 2.86. The number of hydrogen-bond acceptors (Lipinski definition) is 2. The summed E-state index contributed by atoms with van der Waals surface area (Å²) >= 11 is 11.7. The van der Waals surface area contributed by atoms with E-state index in [1.165, 1.54) is 7.11 Å². The van der Waals surface area contributed by atoms with Gasteiger partial charge in [-0.1, -0.05) is 30.1 Å². The molecule has 4 heteroatoms. The Hall–Kier alpha value is -0.730. The fourth-order valence-corrected chi connectivity index (χ4v) is 1.91. The molecule has 0 saturated carbocycles. The molecule has 0 aliphatic rings. The first-order valence-electron chi connectivity index (χ1n) is 4.66. The minimum Gasteiger partial charge on any atom is -0.494 e. The summed E-state index contributed by atoms with van der Waals surface area (Å²) in [4.78, 5) is 11.7. The molecule has 0 aliphatic heterocycles. The largest absolute Gasteiger partial charge is 0.494 e. The lowest BCUT2D eigenvalue weighted by Crippen LogP contribution is -2.02. The van der Waals surface area contributed by atoms with Gasteiger partial charge < -0.3 is 4.74 Å². The second-order valence-corrected chi connectivity index (χ2v) is 3.99. The number of ketones is 1. The van der Waals surface area contributed by atoms with Crippen LogP contribution in [0.25, 0.3) is 0 Å². The molecule has 0 heterocycles. The highest BCUT2D eigenvalue weighted by Crippen LogP contribution is 2.32. The van der Waals surface area contributed by atoms with Crippen LogP contribution in [0.4, 0.5) is 0 Å². The molecule has 0 fully saturated rings. The maximum Gasteiger partial charge on any atom is 0.166 e. The van der Waals surface area contributed by atoms with E-state index < -0.39 is 0 Å². The van der Waals surface area contributed by atoms with Gasteiger partial charge in [-0.15, -0.1) is 0 Å². The molecule has 0 amide bonds. The Kier molecular flexibility index (Phi) is 4.43. The van der Waals surface area contributed by atoms with E-state index >= 15 is 0 Å². The van der Waals surface area contributed by atoms with Crippen LogP contribution < -0.4 is 4.74 Å². The van der Waals surface area contributed by atoms with E-state index in [4.69, 9.17) is 27.9 Å². The molecule has 0 bridgehead atoms. The van der Waals surface area contributed by atoms with E-state index in [1.807, 2.05) is 6.92 Å². The SMILES string of the molecule is CCCC(=O)c1cc(Cl)cc(Cl)c1OC.